The first kappa shape index (κ1) is 18.6. The largest absolute Gasteiger partial charge is 0.507 e. The molecule has 146 valence electrons. The Morgan fingerprint density at radius 3 is 2.14 bits per heavy atom. The van der Waals surface area contributed by atoms with Crippen molar-refractivity contribution in [2.45, 2.75) is 6.10 Å². The second-order valence-electron chi connectivity index (χ2n) is 6.62. The van der Waals surface area contributed by atoms with Crippen molar-refractivity contribution in [3.05, 3.63) is 89.0 Å². The molecule has 1 unspecified atom stereocenters. The molecule has 0 fully saturated rings. The molecule has 0 amide bonds. The number of fused-ring (bicyclic) bond motifs is 1. The van der Waals surface area contributed by atoms with Crippen LogP contribution in [0.25, 0.3) is 6.08 Å². The fraction of sp³-hybridized carbons (Fsp3) is 0.125. The predicted octanol–water partition coefficient (Wildman–Crippen LogP) is 4.81. The van der Waals surface area contributed by atoms with Crippen molar-refractivity contribution < 1.29 is 24.1 Å². The van der Waals surface area contributed by atoms with E-state index < -0.39 is 6.10 Å². The highest BCUT2D eigenvalue weighted by Gasteiger charge is 2.34. The number of ether oxygens (including phenoxy) is 3. The van der Waals surface area contributed by atoms with Crippen LogP contribution in [-0.4, -0.2) is 25.1 Å². The van der Waals surface area contributed by atoms with Crippen molar-refractivity contribution >= 4 is 11.9 Å². The Hall–Kier alpha value is -3.73. The van der Waals surface area contributed by atoms with Crippen molar-refractivity contribution in [1.82, 2.24) is 0 Å². The van der Waals surface area contributed by atoms with Crippen LogP contribution in [0.5, 0.6) is 23.0 Å². The summed E-state index contributed by atoms with van der Waals surface area (Å²) in [7, 11) is 3.20. The zero-order valence-corrected chi connectivity index (χ0v) is 16.1. The van der Waals surface area contributed by atoms with Gasteiger partial charge in [0.25, 0.3) is 0 Å². The number of benzene rings is 3. The summed E-state index contributed by atoms with van der Waals surface area (Å²) < 4.78 is 16.6. The number of hydrogen-bond acceptors (Lipinski definition) is 5. The molecule has 29 heavy (non-hydrogen) atoms. The van der Waals surface area contributed by atoms with Gasteiger partial charge >= 0.3 is 0 Å². The Morgan fingerprint density at radius 1 is 0.897 bits per heavy atom. The Morgan fingerprint density at radius 2 is 1.52 bits per heavy atom. The molecule has 5 heteroatoms. The maximum Gasteiger partial charge on any atom is 0.200 e. The van der Waals surface area contributed by atoms with Gasteiger partial charge in [0.15, 0.2) is 6.10 Å². The number of phenols is 1. The minimum atomic E-state index is -0.607. The van der Waals surface area contributed by atoms with Crippen LogP contribution < -0.4 is 14.2 Å². The Bertz CT molecular complexity index is 1070. The molecule has 1 heterocycles. The number of rotatable bonds is 4. The molecule has 5 nitrogen and oxygen atoms in total. The third-order valence-electron chi connectivity index (χ3n) is 4.88. The van der Waals surface area contributed by atoms with Crippen LogP contribution in [0.15, 0.2) is 72.3 Å². The van der Waals surface area contributed by atoms with E-state index in [1.54, 1.807) is 32.4 Å². The molecule has 3 aromatic rings. The van der Waals surface area contributed by atoms with Crippen LogP contribution in [0.3, 0.4) is 0 Å². The lowest BCUT2D eigenvalue weighted by Gasteiger charge is -2.28. The van der Waals surface area contributed by atoms with Crippen molar-refractivity contribution in [2.24, 2.45) is 0 Å². The maximum atomic E-state index is 13.3. The van der Waals surface area contributed by atoms with Gasteiger partial charge < -0.3 is 19.3 Å². The number of aromatic hydroxyl groups is 1. The highest BCUT2D eigenvalue weighted by atomic mass is 16.5. The first-order valence-corrected chi connectivity index (χ1v) is 9.13. The third kappa shape index (κ3) is 3.55. The van der Waals surface area contributed by atoms with Gasteiger partial charge in [0, 0.05) is 5.57 Å². The Labute approximate surface area is 168 Å². The molecule has 1 N–H and O–H groups in total. The number of methoxy groups -OCH3 is 2. The topological polar surface area (TPSA) is 65.0 Å². The van der Waals surface area contributed by atoms with Crippen molar-refractivity contribution in [3.63, 3.8) is 0 Å². The fourth-order valence-electron chi connectivity index (χ4n) is 3.35. The van der Waals surface area contributed by atoms with E-state index in [-0.39, 0.29) is 17.1 Å². The quantitative estimate of drug-likeness (QED) is 0.650. The van der Waals surface area contributed by atoms with Gasteiger partial charge in [-0.25, -0.2) is 0 Å². The van der Waals surface area contributed by atoms with Crippen molar-refractivity contribution in [3.8, 4) is 23.0 Å². The van der Waals surface area contributed by atoms with Gasteiger partial charge in [-0.15, -0.1) is 0 Å². The van der Waals surface area contributed by atoms with E-state index in [0.29, 0.717) is 11.3 Å². The Balaban J connectivity index is 1.83. The number of Topliss-reactive ketones (excluding diaryl/α,β-unsaturated/α-hetero) is 1. The number of carbonyl (C=O) groups excluding carboxylic acids is 1. The molecule has 0 aliphatic carbocycles. The smallest absolute Gasteiger partial charge is 0.200 e. The molecular weight excluding hydrogens is 368 g/mol. The summed E-state index contributed by atoms with van der Waals surface area (Å²) in [6.45, 7) is 0. The summed E-state index contributed by atoms with van der Waals surface area (Å²) in [6.07, 6.45) is 1.18. The van der Waals surface area contributed by atoms with Crippen molar-refractivity contribution in [2.75, 3.05) is 14.2 Å². The highest BCUT2D eigenvalue weighted by molar-refractivity contribution is 6.16. The summed E-state index contributed by atoms with van der Waals surface area (Å²) in [5.41, 5.74) is 2.26. The molecule has 0 radical (unpaired) electrons. The Kier molecular flexibility index (Phi) is 4.96. The van der Waals surface area contributed by atoms with Gasteiger partial charge in [0.05, 0.1) is 14.2 Å². The highest BCUT2D eigenvalue weighted by Crippen LogP contribution is 2.42. The van der Waals surface area contributed by atoms with Crippen LogP contribution in [-0.2, 0) is 0 Å². The number of phenolic OH excluding ortho intramolecular Hbond substituents is 1. The van der Waals surface area contributed by atoms with Gasteiger partial charge in [-0.2, -0.15) is 0 Å². The van der Waals surface area contributed by atoms with Crippen molar-refractivity contribution in [1.29, 1.82) is 0 Å². The first-order valence-electron chi connectivity index (χ1n) is 9.13. The summed E-state index contributed by atoms with van der Waals surface area (Å²) in [5, 5.41) is 10.2. The van der Waals surface area contributed by atoms with E-state index in [1.807, 2.05) is 48.5 Å². The van der Waals surface area contributed by atoms with E-state index in [0.717, 1.165) is 22.6 Å². The normalized spacial score (nSPS) is 16.8. The fourth-order valence-corrected chi connectivity index (χ4v) is 3.35. The minimum absolute atomic E-state index is 0.0960. The summed E-state index contributed by atoms with van der Waals surface area (Å²) in [5.74, 6) is 1.45. The van der Waals surface area contributed by atoms with Crippen LogP contribution in [0.1, 0.15) is 27.6 Å². The molecule has 3 aromatic carbocycles. The molecule has 1 atom stereocenters. The standard InChI is InChI=1S/C24H20O5/c1-27-17-10-6-15(7-11-17)14-19-23(26)22-20(25)4-3-5-21(22)29-24(19)16-8-12-18(28-2)13-9-16/h3-14,24-25H,1-2H3. The van der Waals surface area contributed by atoms with Crippen LogP contribution in [0, 0.1) is 0 Å². The zero-order chi connectivity index (χ0) is 20.4. The minimum Gasteiger partial charge on any atom is -0.507 e. The maximum absolute atomic E-state index is 13.3. The van der Waals surface area contributed by atoms with Crippen LogP contribution in [0.2, 0.25) is 0 Å². The van der Waals surface area contributed by atoms with Gasteiger partial charge in [-0.05, 0) is 53.6 Å². The molecular formula is C24H20O5. The second kappa shape index (κ2) is 7.72. The molecule has 0 bridgehead atoms. The molecule has 0 saturated heterocycles. The molecule has 1 aliphatic heterocycles. The van der Waals surface area contributed by atoms with E-state index in [4.69, 9.17) is 14.2 Å². The number of hydrogen-bond donors (Lipinski definition) is 1. The molecule has 0 saturated carbocycles. The zero-order valence-electron chi connectivity index (χ0n) is 16.1. The number of carbonyl (C=O) groups is 1. The lowest BCUT2D eigenvalue weighted by molar-refractivity contribution is 0.0959. The second-order valence-corrected chi connectivity index (χ2v) is 6.62. The summed E-state index contributed by atoms with van der Waals surface area (Å²) in [6, 6.07) is 19.6. The van der Waals surface area contributed by atoms with Crippen LogP contribution in [0.4, 0.5) is 0 Å². The average Bonchev–Trinajstić information content (AvgIpc) is 2.76. The summed E-state index contributed by atoms with van der Waals surface area (Å²) in [4.78, 5) is 13.3. The first-order chi connectivity index (χ1) is 14.1. The van der Waals surface area contributed by atoms with Crippen LogP contribution >= 0.6 is 0 Å². The van der Waals surface area contributed by atoms with E-state index in [2.05, 4.69) is 0 Å². The molecule has 4 rings (SSSR count). The lowest BCUT2D eigenvalue weighted by atomic mass is 9.89. The van der Waals surface area contributed by atoms with Gasteiger partial charge in [0.2, 0.25) is 5.78 Å². The molecule has 0 spiro atoms. The van der Waals surface area contributed by atoms with E-state index in [9.17, 15) is 9.90 Å². The van der Waals surface area contributed by atoms with Gasteiger partial charge in [-0.3, -0.25) is 4.79 Å². The predicted molar refractivity (Wildman–Crippen MR) is 110 cm³/mol. The lowest BCUT2D eigenvalue weighted by Crippen LogP contribution is -2.24. The van der Waals surface area contributed by atoms with Gasteiger partial charge in [-0.1, -0.05) is 30.3 Å². The van der Waals surface area contributed by atoms with Gasteiger partial charge in [0.1, 0.15) is 28.6 Å². The average molecular weight is 388 g/mol. The molecule has 1 aliphatic rings. The SMILES string of the molecule is COc1ccc(C=C2C(=O)c3c(O)cccc3OC2c2ccc(OC)cc2)cc1. The third-order valence-corrected chi connectivity index (χ3v) is 4.88. The van der Waals surface area contributed by atoms with E-state index in [1.165, 1.54) is 6.07 Å². The molecule has 0 aromatic heterocycles. The monoisotopic (exact) mass is 388 g/mol. The summed E-state index contributed by atoms with van der Waals surface area (Å²) >= 11 is 0. The number of ketones is 1. The van der Waals surface area contributed by atoms with E-state index >= 15 is 0 Å².